The molecule has 0 unspecified atom stereocenters. The molecule has 0 amide bonds. The van der Waals surface area contributed by atoms with Gasteiger partial charge in [-0.15, -0.1) is 29.8 Å². The molecule has 0 radical (unpaired) electrons. The van der Waals surface area contributed by atoms with Crippen molar-refractivity contribution in [3.8, 4) is 0 Å². The SMILES string of the molecule is C=CCP(=O)(OCCCl)OCCCl. The molecule has 0 aromatic carbocycles. The second-order valence-electron chi connectivity index (χ2n) is 2.13. The normalized spacial score (nSPS) is 11.5. The molecule has 3 nitrogen and oxygen atoms in total. The predicted molar refractivity (Wildman–Crippen MR) is 56.0 cm³/mol. The number of alkyl halides is 2. The van der Waals surface area contributed by atoms with Gasteiger partial charge in [0.15, 0.2) is 0 Å². The van der Waals surface area contributed by atoms with Crippen LogP contribution < -0.4 is 0 Å². The summed E-state index contributed by atoms with van der Waals surface area (Å²) >= 11 is 10.8. The average Bonchev–Trinajstić information content (AvgIpc) is 2.12. The van der Waals surface area contributed by atoms with Crippen molar-refractivity contribution in [1.82, 2.24) is 0 Å². The molecule has 0 aromatic rings. The molecule has 0 bridgehead atoms. The van der Waals surface area contributed by atoms with E-state index in [-0.39, 0.29) is 31.1 Å². The Labute approximate surface area is 88.5 Å². The van der Waals surface area contributed by atoms with Gasteiger partial charge in [-0.1, -0.05) is 6.08 Å². The first-order valence-electron chi connectivity index (χ1n) is 3.79. The van der Waals surface area contributed by atoms with Gasteiger partial charge in [0.25, 0.3) is 0 Å². The summed E-state index contributed by atoms with van der Waals surface area (Å²) in [5, 5.41) is 0. The van der Waals surface area contributed by atoms with Gasteiger partial charge in [-0.25, -0.2) is 0 Å². The lowest BCUT2D eigenvalue weighted by atomic mass is 10.8. The fraction of sp³-hybridized carbons (Fsp3) is 0.714. The lowest BCUT2D eigenvalue weighted by molar-refractivity contribution is 0.224. The van der Waals surface area contributed by atoms with E-state index < -0.39 is 7.60 Å². The van der Waals surface area contributed by atoms with Crippen LogP contribution in [0.1, 0.15) is 0 Å². The van der Waals surface area contributed by atoms with Crippen molar-refractivity contribution in [3.63, 3.8) is 0 Å². The number of hydrogen-bond acceptors (Lipinski definition) is 3. The summed E-state index contributed by atoms with van der Waals surface area (Å²) in [7, 11) is -3.04. The summed E-state index contributed by atoms with van der Waals surface area (Å²) in [6, 6.07) is 0. The van der Waals surface area contributed by atoms with Crippen LogP contribution in [0.5, 0.6) is 0 Å². The molecule has 6 heteroatoms. The third-order valence-electron chi connectivity index (χ3n) is 1.08. The highest BCUT2D eigenvalue weighted by Gasteiger charge is 2.21. The van der Waals surface area contributed by atoms with E-state index in [1.165, 1.54) is 6.08 Å². The van der Waals surface area contributed by atoms with Crippen molar-refractivity contribution in [3.05, 3.63) is 12.7 Å². The van der Waals surface area contributed by atoms with E-state index in [1.54, 1.807) is 0 Å². The maximum absolute atomic E-state index is 11.7. The second kappa shape index (κ2) is 7.84. The van der Waals surface area contributed by atoms with Crippen LogP contribution in [0.3, 0.4) is 0 Å². The molecule has 13 heavy (non-hydrogen) atoms. The van der Waals surface area contributed by atoms with Crippen LogP contribution in [0.25, 0.3) is 0 Å². The summed E-state index contributed by atoms with van der Waals surface area (Å²) < 4.78 is 21.7. The summed E-state index contributed by atoms with van der Waals surface area (Å²) in [4.78, 5) is 0. The molecular formula is C7H13Cl2O3P. The van der Waals surface area contributed by atoms with Crippen LogP contribution in [-0.4, -0.2) is 31.1 Å². The fourth-order valence-electron chi connectivity index (χ4n) is 0.648. The van der Waals surface area contributed by atoms with Crippen molar-refractivity contribution >= 4 is 30.8 Å². The molecule has 0 spiro atoms. The Kier molecular flexibility index (Phi) is 8.12. The van der Waals surface area contributed by atoms with Crippen molar-refractivity contribution in [2.45, 2.75) is 0 Å². The minimum absolute atomic E-state index is 0.181. The molecular weight excluding hydrogens is 234 g/mol. The minimum Gasteiger partial charge on any atom is -0.307 e. The molecule has 0 atom stereocenters. The monoisotopic (exact) mass is 246 g/mol. The Morgan fingerprint density at radius 2 is 1.69 bits per heavy atom. The van der Waals surface area contributed by atoms with E-state index in [4.69, 9.17) is 32.2 Å². The number of halogens is 2. The Morgan fingerprint density at radius 3 is 2.00 bits per heavy atom. The van der Waals surface area contributed by atoms with Crippen molar-refractivity contribution < 1.29 is 13.6 Å². The summed E-state index contributed by atoms with van der Waals surface area (Å²) in [6.45, 7) is 3.87. The standard InChI is InChI=1S/C7H13Cl2O3P/c1-2-7-13(10,11-5-3-8)12-6-4-9/h2H,1,3-7H2. The predicted octanol–water partition coefficient (Wildman–Crippen LogP) is 2.88. The van der Waals surface area contributed by atoms with Crippen LogP contribution in [0.2, 0.25) is 0 Å². The van der Waals surface area contributed by atoms with Crippen LogP contribution in [0.4, 0.5) is 0 Å². The van der Waals surface area contributed by atoms with Gasteiger partial charge in [-0.3, -0.25) is 4.57 Å². The lowest BCUT2D eigenvalue weighted by Crippen LogP contribution is -2.02. The Balaban J connectivity index is 3.99. The molecule has 0 aliphatic rings. The van der Waals surface area contributed by atoms with Gasteiger partial charge in [0.05, 0.1) is 19.4 Å². The summed E-state index contributed by atoms with van der Waals surface area (Å²) in [6.07, 6.45) is 1.67. The summed E-state index contributed by atoms with van der Waals surface area (Å²) in [5.41, 5.74) is 0. The fourth-order valence-corrected chi connectivity index (χ4v) is 2.36. The molecule has 0 N–H and O–H groups in total. The van der Waals surface area contributed by atoms with Crippen molar-refractivity contribution in [2.24, 2.45) is 0 Å². The van der Waals surface area contributed by atoms with E-state index in [1.807, 2.05) is 0 Å². The van der Waals surface area contributed by atoms with Gasteiger partial charge < -0.3 is 9.05 Å². The smallest absolute Gasteiger partial charge is 0.307 e. The highest BCUT2D eigenvalue weighted by molar-refractivity contribution is 7.54. The number of allylic oxidation sites excluding steroid dienone is 1. The van der Waals surface area contributed by atoms with Gasteiger partial charge in [-0.05, 0) is 0 Å². The minimum atomic E-state index is -3.04. The van der Waals surface area contributed by atoms with E-state index >= 15 is 0 Å². The zero-order valence-corrected chi connectivity index (χ0v) is 9.65. The third kappa shape index (κ3) is 6.53. The second-order valence-corrected chi connectivity index (χ2v) is 4.99. The van der Waals surface area contributed by atoms with Gasteiger partial charge in [0.2, 0.25) is 0 Å². The van der Waals surface area contributed by atoms with E-state index in [0.29, 0.717) is 0 Å². The Morgan fingerprint density at radius 1 is 1.23 bits per heavy atom. The molecule has 0 saturated heterocycles. The maximum atomic E-state index is 11.7. The molecule has 0 rings (SSSR count). The van der Waals surface area contributed by atoms with Crippen LogP contribution in [0, 0.1) is 0 Å². The zero-order chi connectivity index (χ0) is 10.2. The van der Waals surface area contributed by atoms with Crippen molar-refractivity contribution in [2.75, 3.05) is 31.1 Å². The zero-order valence-electron chi connectivity index (χ0n) is 7.25. The highest BCUT2D eigenvalue weighted by atomic mass is 35.5. The molecule has 0 saturated carbocycles. The average molecular weight is 247 g/mol. The van der Waals surface area contributed by atoms with Crippen molar-refractivity contribution in [1.29, 1.82) is 0 Å². The van der Waals surface area contributed by atoms with Crippen LogP contribution in [0.15, 0.2) is 12.7 Å². The largest absolute Gasteiger partial charge is 0.334 e. The highest BCUT2D eigenvalue weighted by Crippen LogP contribution is 2.47. The van der Waals surface area contributed by atoms with Crippen LogP contribution in [-0.2, 0) is 13.6 Å². The maximum Gasteiger partial charge on any atom is 0.334 e. The Bertz CT molecular complexity index is 175. The molecule has 0 heterocycles. The van der Waals surface area contributed by atoms with E-state index in [9.17, 15) is 4.57 Å². The summed E-state index contributed by atoms with van der Waals surface area (Å²) in [5.74, 6) is 0.566. The van der Waals surface area contributed by atoms with E-state index in [0.717, 1.165) is 0 Å². The van der Waals surface area contributed by atoms with E-state index in [2.05, 4.69) is 6.58 Å². The lowest BCUT2D eigenvalue weighted by Gasteiger charge is -2.15. The number of hydrogen-bond donors (Lipinski definition) is 0. The third-order valence-corrected chi connectivity index (χ3v) is 3.25. The molecule has 0 aliphatic carbocycles. The van der Waals surface area contributed by atoms with Gasteiger partial charge in [-0.2, -0.15) is 0 Å². The van der Waals surface area contributed by atoms with Gasteiger partial charge in [0.1, 0.15) is 0 Å². The van der Waals surface area contributed by atoms with Gasteiger partial charge in [0, 0.05) is 11.8 Å². The van der Waals surface area contributed by atoms with Crippen LogP contribution >= 0.6 is 30.8 Å². The topological polar surface area (TPSA) is 35.5 Å². The first-order valence-corrected chi connectivity index (χ1v) is 6.59. The molecule has 78 valence electrons. The van der Waals surface area contributed by atoms with Gasteiger partial charge >= 0.3 is 7.60 Å². The number of rotatable bonds is 8. The first kappa shape index (κ1) is 13.5. The Hall–Kier alpha value is 0.470. The molecule has 0 aliphatic heterocycles. The quantitative estimate of drug-likeness (QED) is 0.376. The molecule has 0 aromatic heterocycles. The molecule has 0 fully saturated rings. The first-order chi connectivity index (χ1) is 6.18.